The third-order valence-corrected chi connectivity index (χ3v) is 5.48. The average Bonchev–Trinajstić information content (AvgIpc) is 3.31. The van der Waals surface area contributed by atoms with Crippen molar-refractivity contribution in [1.29, 1.82) is 0 Å². The topological polar surface area (TPSA) is 78.3 Å². The number of furan rings is 1. The van der Waals surface area contributed by atoms with Gasteiger partial charge in [0.25, 0.3) is 5.91 Å². The molecule has 0 unspecified atom stereocenters. The summed E-state index contributed by atoms with van der Waals surface area (Å²) in [6, 6.07) is 1.95. The molecule has 2 aromatic rings. The number of nitrogens with one attached hydrogen (secondary N) is 1. The fourth-order valence-electron chi connectivity index (χ4n) is 3.73. The Kier molecular flexibility index (Phi) is 6.31. The lowest BCUT2D eigenvalue weighted by molar-refractivity contribution is 0.0677. The van der Waals surface area contributed by atoms with E-state index in [0.717, 1.165) is 61.9 Å². The molecule has 3 heterocycles. The van der Waals surface area contributed by atoms with Gasteiger partial charge in [-0.2, -0.15) is 5.10 Å². The van der Waals surface area contributed by atoms with E-state index >= 15 is 0 Å². The molecule has 0 aliphatic carbocycles. The van der Waals surface area contributed by atoms with Gasteiger partial charge in [-0.05, 0) is 38.9 Å². The van der Waals surface area contributed by atoms with E-state index in [4.69, 9.17) is 4.42 Å². The van der Waals surface area contributed by atoms with E-state index in [-0.39, 0.29) is 5.91 Å². The van der Waals surface area contributed by atoms with Gasteiger partial charge in [0.1, 0.15) is 11.6 Å². The van der Waals surface area contributed by atoms with Crippen LogP contribution in [0.1, 0.15) is 73.1 Å². The molecular formula is C20H31N5O2. The van der Waals surface area contributed by atoms with Crippen molar-refractivity contribution < 1.29 is 9.21 Å². The van der Waals surface area contributed by atoms with Gasteiger partial charge in [-0.25, -0.2) is 4.98 Å². The lowest BCUT2D eigenvalue weighted by Gasteiger charge is -2.30. The van der Waals surface area contributed by atoms with Gasteiger partial charge < -0.3 is 9.32 Å². The Bertz CT molecular complexity index is 754. The van der Waals surface area contributed by atoms with Crippen LogP contribution in [0.2, 0.25) is 0 Å². The second-order valence-corrected chi connectivity index (χ2v) is 7.22. The van der Waals surface area contributed by atoms with Crippen LogP contribution in [-0.4, -0.2) is 57.1 Å². The number of H-pyrrole nitrogens is 1. The van der Waals surface area contributed by atoms with Crippen LogP contribution < -0.4 is 0 Å². The average molecular weight is 374 g/mol. The number of hydrogen-bond donors (Lipinski definition) is 1. The minimum atomic E-state index is 0.000106. The molecule has 7 nitrogen and oxygen atoms in total. The van der Waals surface area contributed by atoms with E-state index in [1.807, 2.05) is 17.9 Å². The molecule has 1 saturated heterocycles. The summed E-state index contributed by atoms with van der Waals surface area (Å²) in [5.74, 6) is 3.43. The SMILES string of the molecule is CCc1oc(C(=O)N2CCC(c3n[nH]c(C)n3)CC2)cc1CN(CC)CC. The molecular weight excluding hydrogens is 342 g/mol. The van der Waals surface area contributed by atoms with Crippen LogP contribution in [-0.2, 0) is 13.0 Å². The lowest BCUT2D eigenvalue weighted by Crippen LogP contribution is -2.38. The molecule has 0 saturated carbocycles. The molecule has 1 N–H and O–H groups in total. The number of amides is 1. The van der Waals surface area contributed by atoms with Crippen LogP contribution in [0.25, 0.3) is 0 Å². The van der Waals surface area contributed by atoms with E-state index in [9.17, 15) is 4.79 Å². The number of nitrogens with zero attached hydrogens (tertiary/aromatic N) is 4. The van der Waals surface area contributed by atoms with Gasteiger partial charge in [0.15, 0.2) is 11.6 Å². The predicted octanol–water partition coefficient (Wildman–Crippen LogP) is 3.13. The number of carbonyl (C=O) groups excluding carboxylic acids is 1. The van der Waals surface area contributed by atoms with Crippen molar-refractivity contribution in [3.05, 3.63) is 34.8 Å². The van der Waals surface area contributed by atoms with Crippen molar-refractivity contribution in [3.8, 4) is 0 Å². The Morgan fingerprint density at radius 2 is 2.00 bits per heavy atom. The van der Waals surface area contributed by atoms with Crippen LogP contribution in [0.5, 0.6) is 0 Å². The molecule has 148 valence electrons. The summed E-state index contributed by atoms with van der Waals surface area (Å²) in [5, 5.41) is 7.18. The molecule has 1 amide bonds. The standard InChI is InChI=1S/C20H31N5O2/c1-5-17-16(13-24(6-2)7-3)12-18(27-17)20(26)25-10-8-15(9-11-25)19-21-14(4)22-23-19/h12,15H,5-11,13H2,1-4H3,(H,21,22,23). The lowest BCUT2D eigenvalue weighted by atomic mass is 9.96. The van der Waals surface area contributed by atoms with E-state index < -0.39 is 0 Å². The van der Waals surface area contributed by atoms with Gasteiger partial charge in [0.05, 0.1) is 0 Å². The van der Waals surface area contributed by atoms with Gasteiger partial charge in [-0.3, -0.25) is 14.8 Å². The van der Waals surface area contributed by atoms with Gasteiger partial charge in [0, 0.05) is 37.5 Å². The van der Waals surface area contributed by atoms with Gasteiger partial charge in [-0.15, -0.1) is 0 Å². The molecule has 1 aliphatic heterocycles. The van der Waals surface area contributed by atoms with Crippen molar-refractivity contribution >= 4 is 5.91 Å². The molecule has 0 atom stereocenters. The maximum absolute atomic E-state index is 12.9. The molecule has 0 bridgehead atoms. The summed E-state index contributed by atoms with van der Waals surface area (Å²) in [6.07, 6.45) is 2.57. The maximum atomic E-state index is 12.9. The zero-order valence-electron chi connectivity index (χ0n) is 16.9. The molecule has 0 spiro atoms. The maximum Gasteiger partial charge on any atom is 0.289 e. The molecule has 0 radical (unpaired) electrons. The second kappa shape index (κ2) is 8.69. The smallest absolute Gasteiger partial charge is 0.289 e. The van der Waals surface area contributed by atoms with Crippen molar-refractivity contribution in [2.75, 3.05) is 26.2 Å². The molecule has 27 heavy (non-hydrogen) atoms. The Labute approximate surface area is 161 Å². The third kappa shape index (κ3) is 4.40. The number of aryl methyl sites for hydroxylation is 2. The second-order valence-electron chi connectivity index (χ2n) is 7.22. The Balaban J connectivity index is 1.65. The van der Waals surface area contributed by atoms with E-state index in [1.54, 1.807) is 0 Å². The first kappa shape index (κ1) is 19.6. The highest BCUT2D eigenvalue weighted by Gasteiger charge is 2.28. The minimum absolute atomic E-state index is 0.000106. The normalized spacial score (nSPS) is 15.7. The van der Waals surface area contributed by atoms with E-state index in [0.29, 0.717) is 24.8 Å². The zero-order valence-corrected chi connectivity index (χ0v) is 16.9. The highest BCUT2D eigenvalue weighted by molar-refractivity contribution is 5.91. The fraction of sp³-hybridized carbons (Fsp3) is 0.650. The highest BCUT2D eigenvalue weighted by atomic mass is 16.4. The van der Waals surface area contributed by atoms with Crippen LogP contribution in [0.4, 0.5) is 0 Å². The Morgan fingerprint density at radius 1 is 1.30 bits per heavy atom. The van der Waals surface area contributed by atoms with Crippen LogP contribution in [0, 0.1) is 6.92 Å². The largest absolute Gasteiger partial charge is 0.456 e. The quantitative estimate of drug-likeness (QED) is 0.807. The predicted molar refractivity (Wildman–Crippen MR) is 104 cm³/mol. The molecule has 7 heteroatoms. The summed E-state index contributed by atoms with van der Waals surface area (Å²) in [7, 11) is 0. The van der Waals surface area contributed by atoms with Gasteiger partial charge >= 0.3 is 0 Å². The first-order chi connectivity index (χ1) is 13.0. The third-order valence-electron chi connectivity index (χ3n) is 5.48. The molecule has 2 aromatic heterocycles. The number of aromatic amines is 1. The summed E-state index contributed by atoms with van der Waals surface area (Å²) in [4.78, 5) is 21.6. The van der Waals surface area contributed by atoms with Crippen molar-refractivity contribution in [2.24, 2.45) is 0 Å². The zero-order chi connectivity index (χ0) is 19.4. The van der Waals surface area contributed by atoms with Crippen molar-refractivity contribution in [3.63, 3.8) is 0 Å². The van der Waals surface area contributed by atoms with E-state index in [2.05, 4.69) is 40.9 Å². The molecule has 1 aliphatic rings. The molecule has 1 fully saturated rings. The number of hydrogen-bond acceptors (Lipinski definition) is 5. The Hall–Kier alpha value is -2.15. The number of aromatic nitrogens is 3. The number of piperidine rings is 1. The fourth-order valence-corrected chi connectivity index (χ4v) is 3.73. The van der Waals surface area contributed by atoms with Crippen LogP contribution >= 0.6 is 0 Å². The summed E-state index contributed by atoms with van der Waals surface area (Å²) >= 11 is 0. The summed E-state index contributed by atoms with van der Waals surface area (Å²) in [6.45, 7) is 12.5. The molecule has 3 rings (SSSR count). The number of carbonyl (C=O) groups is 1. The summed E-state index contributed by atoms with van der Waals surface area (Å²) in [5.41, 5.74) is 1.13. The number of likely N-dealkylation sites (tertiary alicyclic amines) is 1. The minimum Gasteiger partial charge on any atom is -0.456 e. The number of rotatable bonds is 7. The summed E-state index contributed by atoms with van der Waals surface area (Å²) < 4.78 is 5.94. The van der Waals surface area contributed by atoms with Crippen molar-refractivity contribution in [2.45, 2.75) is 59.4 Å². The van der Waals surface area contributed by atoms with Crippen molar-refractivity contribution in [1.82, 2.24) is 25.0 Å². The Morgan fingerprint density at radius 3 is 2.56 bits per heavy atom. The van der Waals surface area contributed by atoms with Gasteiger partial charge in [0.2, 0.25) is 0 Å². The van der Waals surface area contributed by atoms with E-state index in [1.165, 1.54) is 0 Å². The van der Waals surface area contributed by atoms with Crippen LogP contribution in [0.15, 0.2) is 10.5 Å². The highest BCUT2D eigenvalue weighted by Crippen LogP contribution is 2.27. The van der Waals surface area contributed by atoms with Gasteiger partial charge in [-0.1, -0.05) is 20.8 Å². The first-order valence-corrected chi connectivity index (χ1v) is 10.1. The van der Waals surface area contributed by atoms with Crippen LogP contribution in [0.3, 0.4) is 0 Å². The molecule has 0 aromatic carbocycles. The first-order valence-electron chi connectivity index (χ1n) is 10.1. The monoisotopic (exact) mass is 373 g/mol.